The second-order valence-electron chi connectivity index (χ2n) is 7.07. The number of aliphatic hydroxyl groups is 1. The molecule has 0 aliphatic heterocycles. The minimum atomic E-state index is -0.824. The second-order valence-corrected chi connectivity index (χ2v) is 7.07. The van der Waals surface area contributed by atoms with E-state index in [1.165, 1.54) is 0 Å². The molecule has 1 atom stereocenters. The van der Waals surface area contributed by atoms with Crippen molar-refractivity contribution in [3.05, 3.63) is 53.3 Å². The number of methoxy groups -OCH3 is 1. The van der Waals surface area contributed by atoms with Gasteiger partial charge in [-0.05, 0) is 49.2 Å². The summed E-state index contributed by atoms with van der Waals surface area (Å²) in [5.41, 5.74) is -0.330. The van der Waals surface area contributed by atoms with Crippen LogP contribution >= 0.6 is 0 Å². The number of hydrogen-bond acceptors (Lipinski definition) is 5. The minimum Gasteiger partial charge on any atom is -0.510 e. The molecule has 0 heterocycles. The first-order chi connectivity index (χ1) is 12.2. The number of esters is 1. The van der Waals surface area contributed by atoms with Crippen molar-refractivity contribution in [3.63, 3.8) is 0 Å². The number of fused-ring (bicyclic) bond motifs is 1. The van der Waals surface area contributed by atoms with Crippen LogP contribution in [0.5, 0.6) is 5.75 Å². The van der Waals surface area contributed by atoms with Gasteiger partial charge >= 0.3 is 5.97 Å². The lowest BCUT2D eigenvalue weighted by Crippen LogP contribution is -2.25. The number of benzene rings is 2. The minimum absolute atomic E-state index is 0.297. The average molecular weight is 353 g/mol. The van der Waals surface area contributed by atoms with Crippen molar-refractivity contribution in [3.8, 4) is 11.8 Å². The van der Waals surface area contributed by atoms with Crippen LogP contribution in [0.3, 0.4) is 0 Å². The van der Waals surface area contributed by atoms with Crippen molar-refractivity contribution in [2.24, 2.45) is 0 Å². The molecule has 5 nitrogen and oxygen atoms in total. The van der Waals surface area contributed by atoms with E-state index in [2.05, 4.69) is 0 Å². The number of ether oxygens (including phenoxy) is 2. The highest BCUT2D eigenvalue weighted by molar-refractivity contribution is 5.94. The molecule has 0 aliphatic rings. The molecule has 1 N–H and O–H groups in total. The molecule has 0 spiro atoms. The lowest BCUT2D eigenvalue weighted by Gasteiger charge is -2.20. The molecule has 0 amide bonds. The Labute approximate surface area is 153 Å². The van der Waals surface area contributed by atoms with Crippen LogP contribution in [0.25, 0.3) is 10.8 Å². The molecule has 0 radical (unpaired) electrons. The fourth-order valence-electron chi connectivity index (χ4n) is 2.55. The van der Waals surface area contributed by atoms with Crippen LogP contribution in [0.2, 0.25) is 0 Å². The van der Waals surface area contributed by atoms with Gasteiger partial charge in [0, 0.05) is 5.92 Å². The van der Waals surface area contributed by atoms with Crippen molar-refractivity contribution >= 4 is 16.7 Å². The monoisotopic (exact) mass is 353 g/mol. The summed E-state index contributed by atoms with van der Waals surface area (Å²) < 4.78 is 10.4. The molecular formula is C21H23NO4. The number of aliphatic hydroxyl groups excluding tert-OH is 1. The molecule has 0 aromatic heterocycles. The van der Waals surface area contributed by atoms with Crippen molar-refractivity contribution in [1.29, 1.82) is 5.26 Å². The van der Waals surface area contributed by atoms with E-state index in [9.17, 15) is 15.2 Å². The summed E-state index contributed by atoms with van der Waals surface area (Å²) in [5.74, 6) is -0.883. The van der Waals surface area contributed by atoms with Gasteiger partial charge in [-0.25, -0.2) is 4.79 Å². The average Bonchev–Trinajstić information content (AvgIpc) is 2.59. The van der Waals surface area contributed by atoms with Gasteiger partial charge in [0.05, 0.1) is 7.11 Å². The summed E-state index contributed by atoms with van der Waals surface area (Å²) in [7, 11) is 1.61. The van der Waals surface area contributed by atoms with Crippen LogP contribution in [0, 0.1) is 11.3 Å². The predicted molar refractivity (Wildman–Crippen MR) is 100 cm³/mol. The van der Waals surface area contributed by atoms with E-state index in [0.717, 1.165) is 22.1 Å². The number of nitriles is 1. The van der Waals surface area contributed by atoms with E-state index in [0.29, 0.717) is 0 Å². The first kappa shape index (κ1) is 19.3. The molecule has 2 aromatic carbocycles. The standard InChI is InChI=1S/C21H23NO4/c1-13(19(23)18(12-22)20(24)26-21(2,3)4)14-6-7-16-11-17(25-5)9-8-15(16)10-14/h6-11,13,23H,1-5H3. The zero-order chi connectivity index (χ0) is 19.5. The maximum Gasteiger partial charge on any atom is 0.352 e. The highest BCUT2D eigenvalue weighted by Gasteiger charge is 2.26. The Bertz CT molecular complexity index is 900. The molecule has 0 aliphatic carbocycles. The van der Waals surface area contributed by atoms with E-state index in [4.69, 9.17) is 9.47 Å². The number of allylic oxidation sites excluding steroid dienone is 1. The number of rotatable bonds is 4. The summed E-state index contributed by atoms with van der Waals surface area (Å²) in [6.45, 7) is 6.86. The molecule has 0 saturated carbocycles. The van der Waals surface area contributed by atoms with Gasteiger partial charge in [-0.2, -0.15) is 5.26 Å². The third-order valence-corrected chi connectivity index (χ3v) is 3.95. The topological polar surface area (TPSA) is 79.5 Å². The first-order valence-electron chi connectivity index (χ1n) is 8.30. The molecular weight excluding hydrogens is 330 g/mol. The van der Waals surface area contributed by atoms with Crippen molar-refractivity contribution in [2.45, 2.75) is 39.2 Å². The largest absolute Gasteiger partial charge is 0.510 e. The van der Waals surface area contributed by atoms with Gasteiger partial charge in [0.25, 0.3) is 0 Å². The van der Waals surface area contributed by atoms with E-state index < -0.39 is 17.5 Å². The van der Waals surface area contributed by atoms with Crippen molar-refractivity contribution in [1.82, 2.24) is 0 Å². The van der Waals surface area contributed by atoms with Gasteiger partial charge in [-0.1, -0.05) is 31.2 Å². The van der Waals surface area contributed by atoms with Crippen LogP contribution in [0.1, 0.15) is 39.2 Å². The Morgan fingerprint density at radius 1 is 1.15 bits per heavy atom. The quantitative estimate of drug-likeness (QED) is 0.375. The molecule has 1 unspecified atom stereocenters. The van der Waals surface area contributed by atoms with Gasteiger partial charge in [0.2, 0.25) is 0 Å². The summed E-state index contributed by atoms with van der Waals surface area (Å²) >= 11 is 0. The maximum absolute atomic E-state index is 12.2. The third kappa shape index (κ3) is 4.34. The molecule has 2 rings (SSSR count). The number of carbonyl (C=O) groups is 1. The van der Waals surface area contributed by atoms with E-state index in [1.54, 1.807) is 40.9 Å². The van der Waals surface area contributed by atoms with Gasteiger partial charge in [0.15, 0.2) is 5.57 Å². The number of hydrogen-bond donors (Lipinski definition) is 1. The fraction of sp³-hybridized carbons (Fsp3) is 0.333. The Balaban J connectivity index is 2.39. The fourth-order valence-corrected chi connectivity index (χ4v) is 2.55. The Morgan fingerprint density at radius 2 is 1.77 bits per heavy atom. The molecule has 0 bridgehead atoms. The normalized spacial score (nSPS) is 13.5. The Hall–Kier alpha value is -3.00. The van der Waals surface area contributed by atoms with E-state index in [1.807, 2.05) is 36.4 Å². The molecule has 0 saturated heterocycles. The summed E-state index contributed by atoms with van der Waals surface area (Å²) in [4.78, 5) is 12.2. The highest BCUT2D eigenvalue weighted by Crippen LogP contribution is 2.29. The van der Waals surface area contributed by atoms with Crippen LogP contribution in [-0.2, 0) is 9.53 Å². The second kappa shape index (κ2) is 7.49. The molecule has 2 aromatic rings. The lowest BCUT2D eigenvalue weighted by molar-refractivity contribution is -0.149. The number of carbonyl (C=O) groups excluding carboxylic acids is 1. The van der Waals surface area contributed by atoms with Crippen LogP contribution in [0.15, 0.2) is 47.7 Å². The van der Waals surface area contributed by atoms with Crippen LogP contribution < -0.4 is 4.74 Å². The molecule has 26 heavy (non-hydrogen) atoms. The highest BCUT2D eigenvalue weighted by atomic mass is 16.6. The molecule has 5 heteroatoms. The zero-order valence-electron chi connectivity index (χ0n) is 15.7. The summed E-state index contributed by atoms with van der Waals surface area (Å²) in [5, 5.41) is 21.8. The van der Waals surface area contributed by atoms with Crippen LogP contribution in [0.4, 0.5) is 0 Å². The first-order valence-corrected chi connectivity index (χ1v) is 8.30. The smallest absolute Gasteiger partial charge is 0.352 e. The molecule has 136 valence electrons. The van der Waals surface area contributed by atoms with E-state index in [-0.39, 0.29) is 11.3 Å². The van der Waals surface area contributed by atoms with Gasteiger partial charge in [-0.15, -0.1) is 0 Å². The van der Waals surface area contributed by atoms with Gasteiger partial charge in [0.1, 0.15) is 23.2 Å². The predicted octanol–water partition coefficient (Wildman–Crippen LogP) is 4.63. The van der Waals surface area contributed by atoms with E-state index >= 15 is 0 Å². The maximum atomic E-state index is 12.2. The van der Waals surface area contributed by atoms with Crippen molar-refractivity contribution in [2.75, 3.05) is 7.11 Å². The summed E-state index contributed by atoms with van der Waals surface area (Å²) in [6.07, 6.45) is 0. The number of nitrogens with zero attached hydrogens (tertiary/aromatic N) is 1. The SMILES string of the molecule is COc1ccc2cc(C(C)C(O)=C(C#N)C(=O)OC(C)(C)C)ccc2c1. The van der Waals surface area contributed by atoms with Gasteiger partial charge < -0.3 is 14.6 Å². The lowest BCUT2D eigenvalue weighted by atomic mass is 9.94. The zero-order valence-corrected chi connectivity index (χ0v) is 15.7. The third-order valence-electron chi connectivity index (χ3n) is 3.95. The van der Waals surface area contributed by atoms with Gasteiger partial charge in [-0.3, -0.25) is 0 Å². The van der Waals surface area contributed by atoms with Crippen LogP contribution in [-0.4, -0.2) is 23.8 Å². The Kier molecular flexibility index (Phi) is 5.56. The van der Waals surface area contributed by atoms with Crippen molar-refractivity contribution < 1.29 is 19.4 Å². The summed E-state index contributed by atoms with van der Waals surface area (Å²) in [6, 6.07) is 13.1. The Morgan fingerprint density at radius 3 is 2.35 bits per heavy atom. The molecule has 0 fully saturated rings.